The molecule has 0 atom stereocenters. The number of carbonyl (C=O) groups excluding carboxylic acids is 2. The molecule has 1 rings (SSSR count). The van der Waals surface area contributed by atoms with Gasteiger partial charge in [0.1, 0.15) is 12.1 Å². The third kappa shape index (κ3) is 3.36. The maximum Gasteiger partial charge on any atom is 0.326 e. The number of ether oxygens (including phenoxy) is 1. The Hall–Kier alpha value is -1.06. The first-order chi connectivity index (χ1) is 6.38. The van der Waals surface area contributed by atoms with Gasteiger partial charge in [-0.2, -0.15) is 0 Å². The van der Waals surface area contributed by atoms with E-state index < -0.39 is 5.60 Å². The van der Waals surface area contributed by atoms with E-state index in [2.05, 4.69) is 0 Å². The average molecular weight is 199 g/mol. The summed E-state index contributed by atoms with van der Waals surface area (Å²) < 4.78 is 5.12. The molecule has 0 aromatic carbocycles. The lowest BCUT2D eigenvalue weighted by Gasteiger charge is -2.22. The molecule has 80 valence electrons. The van der Waals surface area contributed by atoms with E-state index in [1.807, 2.05) is 20.8 Å². The summed E-state index contributed by atoms with van der Waals surface area (Å²) in [5.41, 5.74) is -0.472. The third-order valence-electron chi connectivity index (χ3n) is 1.91. The summed E-state index contributed by atoms with van der Waals surface area (Å²) in [6.07, 6.45) is 1.41. The van der Waals surface area contributed by atoms with Crippen LogP contribution >= 0.6 is 0 Å². The summed E-state index contributed by atoms with van der Waals surface area (Å²) in [5, 5.41) is 0. The molecule has 0 unspecified atom stereocenters. The lowest BCUT2D eigenvalue weighted by molar-refractivity contribution is -0.158. The van der Waals surface area contributed by atoms with Gasteiger partial charge in [0.25, 0.3) is 0 Å². The monoisotopic (exact) mass is 199 g/mol. The van der Waals surface area contributed by atoms with Crippen molar-refractivity contribution in [3.05, 3.63) is 0 Å². The van der Waals surface area contributed by atoms with Gasteiger partial charge < -0.3 is 9.64 Å². The van der Waals surface area contributed by atoms with Crippen molar-refractivity contribution in [1.82, 2.24) is 4.90 Å². The number of hydrogen-bond donors (Lipinski definition) is 0. The van der Waals surface area contributed by atoms with Crippen LogP contribution in [0, 0.1) is 0 Å². The van der Waals surface area contributed by atoms with Crippen LogP contribution in [0.1, 0.15) is 33.6 Å². The zero-order valence-electron chi connectivity index (χ0n) is 9.00. The van der Waals surface area contributed by atoms with E-state index in [1.165, 1.54) is 0 Å². The molecule has 1 fully saturated rings. The fourth-order valence-corrected chi connectivity index (χ4v) is 1.40. The summed E-state index contributed by atoms with van der Waals surface area (Å²) in [5.74, 6) is -0.274. The lowest BCUT2D eigenvalue weighted by Crippen LogP contribution is -2.35. The Morgan fingerprint density at radius 2 is 2.14 bits per heavy atom. The third-order valence-corrected chi connectivity index (χ3v) is 1.91. The molecule has 0 aromatic rings. The van der Waals surface area contributed by atoms with Crippen LogP contribution in [-0.4, -0.2) is 35.5 Å². The minimum absolute atomic E-state index is 0.0517. The zero-order valence-corrected chi connectivity index (χ0v) is 9.00. The van der Waals surface area contributed by atoms with Gasteiger partial charge in [-0.25, -0.2) is 0 Å². The Kier molecular flexibility index (Phi) is 3.13. The van der Waals surface area contributed by atoms with E-state index in [9.17, 15) is 9.59 Å². The molecule has 14 heavy (non-hydrogen) atoms. The van der Waals surface area contributed by atoms with Crippen molar-refractivity contribution in [3.8, 4) is 0 Å². The van der Waals surface area contributed by atoms with Crippen molar-refractivity contribution in [2.24, 2.45) is 0 Å². The van der Waals surface area contributed by atoms with Crippen LogP contribution in [0.4, 0.5) is 0 Å². The molecule has 1 saturated heterocycles. The summed E-state index contributed by atoms with van der Waals surface area (Å²) in [6, 6.07) is 0. The van der Waals surface area contributed by atoms with Crippen molar-refractivity contribution in [1.29, 1.82) is 0 Å². The molecule has 1 amide bonds. The molecule has 1 heterocycles. The predicted molar refractivity (Wildman–Crippen MR) is 51.7 cm³/mol. The van der Waals surface area contributed by atoms with E-state index in [0.717, 1.165) is 6.42 Å². The van der Waals surface area contributed by atoms with Gasteiger partial charge in [-0.3, -0.25) is 9.59 Å². The summed E-state index contributed by atoms with van der Waals surface area (Å²) in [4.78, 5) is 24.1. The molecule has 4 heteroatoms. The van der Waals surface area contributed by atoms with Crippen LogP contribution < -0.4 is 0 Å². The largest absolute Gasteiger partial charge is 0.459 e. The number of likely N-dealkylation sites (tertiary alicyclic amines) is 1. The first-order valence-corrected chi connectivity index (χ1v) is 4.88. The standard InChI is InChI=1S/C10H17NO3/c1-10(2,3)14-9(13)7-11-6-4-5-8(11)12/h4-7H2,1-3H3. The topological polar surface area (TPSA) is 46.6 Å². The smallest absolute Gasteiger partial charge is 0.326 e. The molecule has 0 radical (unpaired) electrons. The van der Waals surface area contributed by atoms with Gasteiger partial charge in [-0.05, 0) is 27.2 Å². The number of rotatable bonds is 2. The Labute approximate surface area is 84.2 Å². The molecule has 0 aromatic heterocycles. The highest BCUT2D eigenvalue weighted by atomic mass is 16.6. The second kappa shape index (κ2) is 3.98. The predicted octanol–water partition coefficient (Wildman–Crippen LogP) is 0.950. The van der Waals surface area contributed by atoms with Gasteiger partial charge in [0.05, 0.1) is 0 Å². The summed E-state index contributed by atoms with van der Waals surface area (Å²) in [6.45, 7) is 6.22. The molecular formula is C10H17NO3. The highest BCUT2D eigenvalue weighted by Gasteiger charge is 2.25. The highest BCUT2D eigenvalue weighted by molar-refractivity contribution is 5.83. The molecular weight excluding hydrogens is 182 g/mol. The van der Waals surface area contributed by atoms with Crippen LogP contribution in [0.2, 0.25) is 0 Å². The molecule has 0 bridgehead atoms. The van der Waals surface area contributed by atoms with Crippen LogP contribution in [0.3, 0.4) is 0 Å². The first kappa shape index (κ1) is 11.0. The van der Waals surface area contributed by atoms with E-state index in [4.69, 9.17) is 4.74 Å². The van der Waals surface area contributed by atoms with Crippen molar-refractivity contribution >= 4 is 11.9 Å². The number of carbonyl (C=O) groups is 2. The van der Waals surface area contributed by atoms with Gasteiger partial charge >= 0.3 is 5.97 Å². The van der Waals surface area contributed by atoms with Crippen molar-refractivity contribution in [2.75, 3.05) is 13.1 Å². The fraction of sp³-hybridized carbons (Fsp3) is 0.800. The summed E-state index contributed by atoms with van der Waals surface area (Å²) in [7, 11) is 0. The molecule has 1 aliphatic rings. The van der Waals surface area contributed by atoms with Gasteiger partial charge in [0.15, 0.2) is 0 Å². The second-order valence-electron chi connectivity index (χ2n) is 4.51. The quantitative estimate of drug-likeness (QED) is 0.622. The zero-order chi connectivity index (χ0) is 10.8. The van der Waals surface area contributed by atoms with Crippen LogP contribution in [0.25, 0.3) is 0 Å². The van der Waals surface area contributed by atoms with E-state index in [1.54, 1.807) is 4.90 Å². The number of hydrogen-bond acceptors (Lipinski definition) is 3. The minimum atomic E-state index is -0.472. The fourth-order valence-electron chi connectivity index (χ4n) is 1.40. The van der Waals surface area contributed by atoms with Crippen molar-refractivity contribution < 1.29 is 14.3 Å². The Bertz CT molecular complexity index is 242. The van der Waals surface area contributed by atoms with Crippen molar-refractivity contribution in [2.45, 2.75) is 39.2 Å². The van der Waals surface area contributed by atoms with E-state index in [0.29, 0.717) is 13.0 Å². The molecule has 0 N–H and O–H groups in total. The average Bonchev–Trinajstić information content (AvgIpc) is 2.32. The Balaban J connectivity index is 2.37. The number of nitrogens with zero attached hydrogens (tertiary/aromatic N) is 1. The van der Waals surface area contributed by atoms with Crippen LogP contribution in [0.5, 0.6) is 0 Å². The van der Waals surface area contributed by atoms with Gasteiger partial charge in [-0.1, -0.05) is 0 Å². The highest BCUT2D eigenvalue weighted by Crippen LogP contribution is 2.11. The molecule has 0 saturated carbocycles. The lowest BCUT2D eigenvalue weighted by atomic mass is 10.2. The van der Waals surface area contributed by atoms with Gasteiger partial charge in [-0.15, -0.1) is 0 Å². The maximum absolute atomic E-state index is 11.3. The van der Waals surface area contributed by atoms with Crippen molar-refractivity contribution in [3.63, 3.8) is 0 Å². The minimum Gasteiger partial charge on any atom is -0.459 e. The second-order valence-corrected chi connectivity index (χ2v) is 4.51. The molecule has 1 aliphatic heterocycles. The first-order valence-electron chi connectivity index (χ1n) is 4.88. The van der Waals surface area contributed by atoms with Gasteiger partial charge in [0.2, 0.25) is 5.91 Å². The van der Waals surface area contributed by atoms with Gasteiger partial charge in [0, 0.05) is 13.0 Å². The van der Waals surface area contributed by atoms with Crippen LogP contribution in [0.15, 0.2) is 0 Å². The normalized spacial score (nSPS) is 17.4. The summed E-state index contributed by atoms with van der Waals surface area (Å²) >= 11 is 0. The SMILES string of the molecule is CC(C)(C)OC(=O)CN1CCCC1=O. The van der Waals surface area contributed by atoms with E-state index in [-0.39, 0.29) is 18.4 Å². The molecule has 4 nitrogen and oxygen atoms in total. The van der Waals surface area contributed by atoms with E-state index >= 15 is 0 Å². The maximum atomic E-state index is 11.3. The molecule has 0 aliphatic carbocycles. The van der Waals surface area contributed by atoms with Crippen LogP contribution in [-0.2, 0) is 14.3 Å². The molecule has 0 spiro atoms. The number of esters is 1. The number of amides is 1. The Morgan fingerprint density at radius 1 is 1.50 bits per heavy atom. The Morgan fingerprint density at radius 3 is 2.57 bits per heavy atom.